The number of carbonyl (C=O) groups excluding carboxylic acids is 1. The summed E-state index contributed by atoms with van der Waals surface area (Å²) in [4.78, 5) is 13.1. The number of anilines is 1. The summed E-state index contributed by atoms with van der Waals surface area (Å²) in [5.41, 5.74) is 6.08. The molecule has 1 amide bonds. The lowest BCUT2D eigenvalue weighted by Gasteiger charge is -2.33. The van der Waals surface area contributed by atoms with Crippen molar-refractivity contribution >= 4 is 21.6 Å². The second kappa shape index (κ2) is 5.90. The third kappa shape index (κ3) is 3.11. The number of sulfonamides is 1. The van der Waals surface area contributed by atoms with Crippen molar-refractivity contribution in [2.75, 3.05) is 39.0 Å². The fourth-order valence-electron chi connectivity index (χ4n) is 2.24. The van der Waals surface area contributed by atoms with Crippen molar-refractivity contribution in [1.82, 2.24) is 9.21 Å². The van der Waals surface area contributed by atoms with Gasteiger partial charge < -0.3 is 15.4 Å². The van der Waals surface area contributed by atoms with E-state index in [0.29, 0.717) is 24.5 Å². The number of rotatable bonds is 3. The first-order valence-corrected chi connectivity index (χ1v) is 7.99. The molecule has 0 unspecified atom stereocenters. The smallest absolute Gasteiger partial charge is 0.243 e. The number of nitrogen functional groups attached to an aromatic ring is 1. The molecule has 0 radical (unpaired) electrons. The Morgan fingerprint density at radius 2 is 1.86 bits per heavy atom. The Balaban J connectivity index is 2.21. The van der Waals surface area contributed by atoms with E-state index in [4.69, 9.17) is 10.5 Å². The Hall–Kier alpha value is -1.80. The summed E-state index contributed by atoms with van der Waals surface area (Å²) in [6.07, 6.45) is 0. The average molecular weight is 313 g/mol. The first kappa shape index (κ1) is 15.6. The number of carbonyl (C=O) groups is 1. The van der Waals surface area contributed by atoms with E-state index in [9.17, 15) is 13.2 Å². The zero-order valence-corrected chi connectivity index (χ0v) is 12.9. The molecule has 21 heavy (non-hydrogen) atoms. The van der Waals surface area contributed by atoms with Crippen LogP contribution in [0.15, 0.2) is 23.1 Å². The van der Waals surface area contributed by atoms with Crippen molar-refractivity contribution in [3.8, 4) is 5.75 Å². The Labute approximate surface area is 124 Å². The number of methoxy groups -OCH3 is 1. The molecule has 0 aromatic heterocycles. The molecule has 1 aliphatic rings. The standard InChI is InChI=1S/C13H19N3O4S/c1-10(17)15-5-7-16(8-6-15)21(18,19)11-3-4-12(14)13(9-11)20-2/h3-4,9H,5-8,14H2,1-2H3. The van der Waals surface area contributed by atoms with Gasteiger partial charge in [-0.15, -0.1) is 0 Å². The maximum absolute atomic E-state index is 12.6. The fraction of sp³-hybridized carbons (Fsp3) is 0.462. The molecule has 0 spiro atoms. The highest BCUT2D eigenvalue weighted by Gasteiger charge is 2.29. The number of hydrogen-bond acceptors (Lipinski definition) is 5. The number of nitrogens with zero attached hydrogens (tertiary/aromatic N) is 2. The van der Waals surface area contributed by atoms with Crippen LogP contribution in [0.4, 0.5) is 5.69 Å². The minimum absolute atomic E-state index is 0.0406. The third-order valence-corrected chi connectivity index (χ3v) is 5.42. The molecule has 1 aliphatic heterocycles. The summed E-state index contributed by atoms with van der Waals surface area (Å²) in [5, 5.41) is 0. The molecule has 116 valence electrons. The van der Waals surface area contributed by atoms with E-state index >= 15 is 0 Å². The van der Waals surface area contributed by atoms with Crippen LogP contribution in [0.2, 0.25) is 0 Å². The van der Waals surface area contributed by atoms with E-state index < -0.39 is 10.0 Å². The van der Waals surface area contributed by atoms with E-state index in [1.807, 2.05) is 0 Å². The van der Waals surface area contributed by atoms with E-state index in [0.717, 1.165) is 0 Å². The zero-order valence-electron chi connectivity index (χ0n) is 12.1. The average Bonchev–Trinajstić information content (AvgIpc) is 2.47. The summed E-state index contributed by atoms with van der Waals surface area (Å²) in [7, 11) is -2.16. The Morgan fingerprint density at radius 3 is 2.38 bits per heavy atom. The van der Waals surface area contributed by atoms with Gasteiger partial charge in [-0.2, -0.15) is 4.31 Å². The summed E-state index contributed by atoms with van der Waals surface area (Å²) < 4.78 is 31.6. The van der Waals surface area contributed by atoms with Crippen LogP contribution < -0.4 is 10.5 Å². The van der Waals surface area contributed by atoms with Crippen molar-refractivity contribution < 1.29 is 17.9 Å². The fourth-order valence-corrected chi connectivity index (χ4v) is 3.68. The number of nitrogens with two attached hydrogens (primary N) is 1. The van der Waals surface area contributed by atoms with Crippen LogP contribution in [0.1, 0.15) is 6.92 Å². The highest BCUT2D eigenvalue weighted by Crippen LogP contribution is 2.27. The van der Waals surface area contributed by atoms with Crippen molar-refractivity contribution in [3.63, 3.8) is 0 Å². The van der Waals surface area contributed by atoms with Gasteiger partial charge in [-0.25, -0.2) is 8.42 Å². The van der Waals surface area contributed by atoms with Crippen LogP contribution in [0.5, 0.6) is 5.75 Å². The van der Waals surface area contributed by atoms with Gasteiger partial charge in [-0.05, 0) is 12.1 Å². The van der Waals surface area contributed by atoms with Gasteiger partial charge in [0.2, 0.25) is 15.9 Å². The predicted octanol–water partition coefficient (Wildman–Crippen LogP) is 0.130. The second-order valence-electron chi connectivity index (χ2n) is 4.81. The van der Waals surface area contributed by atoms with E-state index in [-0.39, 0.29) is 23.9 Å². The normalized spacial score (nSPS) is 16.8. The molecule has 1 aromatic rings. The highest BCUT2D eigenvalue weighted by atomic mass is 32.2. The molecule has 1 fully saturated rings. The van der Waals surface area contributed by atoms with Gasteiger partial charge in [-0.1, -0.05) is 0 Å². The van der Waals surface area contributed by atoms with Gasteiger partial charge >= 0.3 is 0 Å². The topological polar surface area (TPSA) is 92.9 Å². The minimum atomic E-state index is -3.60. The summed E-state index contributed by atoms with van der Waals surface area (Å²) >= 11 is 0. The predicted molar refractivity (Wildman–Crippen MR) is 78.4 cm³/mol. The lowest BCUT2D eigenvalue weighted by atomic mass is 10.3. The molecule has 1 heterocycles. The minimum Gasteiger partial charge on any atom is -0.495 e. The molecule has 0 saturated carbocycles. The first-order chi connectivity index (χ1) is 9.86. The van der Waals surface area contributed by atoms with Gasteiger partial charge in [0.1, 0.15) is 5.75 Å². The Morgan fingerprint density at radius 1 is 1.24 bits per heavy atom. The van der Waals surface area contributed by atoms with Crippen molar-refractivity contribution in [2.24, 2.45) is 0 Å². The Kier molecular flexibility index (Phi) is 4.38. The summed E-state index contributed by atoms with van der Waals surface area (Å²) in [6, 6.07) is 4.39. The second-order valence-corrected chi connectivity index (χ2v) is 6.75. The molecule has 0 atom stereocenters. The van der Waals surface area contributed by atoms with Crippen LogP contribution in [-0.4, -0.2) is 56.8 Å². The molecule has 8 heteroatoms. The van der Waals surface area contributed by atoms with Gasteiger partial charge in [0.15, 0.2) is 0 Å². The number of amides is 1. The van der Waals surface area contributed by atoms with E-state index in [2.05, 4.69) is 0 Å². The molecule has 1 saturated heterocycles. The van der Waals surface area contributed by atoms with Crippen LogP contribution in [0, 0.1) is 0 Å². The van der Waals surface area contributed by atoms with E-state index in [1.54, 1.807) is 4.90 Å². The molecule has 2 rings (SSSR count). The lowest BCUT2D eigenvalue weighted by molar-refractivity contribution is -0.129. The monoisotopic (exact) mass is 313 g/mol. The molecule has 2 N–H and O–H groups in total. The van der Waals surface area contributed by atoms with Gasteiger partial charge in [0.05, 0.1) is 17.7 Å². The highest BCUT2D eigenvalue weighted by molar-refractivity contribution is 7.89. The first-order valence-electron chi connectivity index (χ1n) is 6.55. The van der Waals surface area contributed by atoms with E-state index in [1.165, 1.54) is 36.5 Å². The van der Waals surface area contributed by atoms with Crippen molar-refractivity contribution in [2.45, 2.75) is 11.8 Å². The van der Waals surface area contributed by atoms with Crippen LogP contribution in [0.25, 0.3) is 0 Å². The number of benzene rings is 1. The zero-order chi connectivity index (χ0) is 15.6. The SMILES string of the molecule is COc1cc(S(=O)(=O)N2CCN(C(C)=O)CC2)ccc1N. The summed E-state index contributed by atoms with van der Waals surface area (Å²) in [6.45, 7) is 2.86. The van der Waals surface area contributed by atoms with Crippen molar-refractivity contribution in [1.29, 1.82) is 0 Å². The Bertz CT molecular complexity index is 637. The van der Waals surface area contributed by atoms with Crippen LogP contribution in [-0.2, 0) is 14.8 Å². The molecular weight excluding hydrogens is 294 g/mol. The van der Waals surface area contributed by atoms with Gasteiger partial charge in [0.25, 0.3) is 0 Å². The van der Waals surface area contributed by atoms with Crippen molar-refractivity contribution in [3.05, 3.63) is 18.2 Å². The molecule has 1 aromatic carbocycles. The number of hydrogen-bond donors (Lipinski definition) is 1. The van der Waals surface area contributed by atoms with Gasteiger partial charge in [0, 0.05) is 39.2 Å². The molecule has 7 nitrogen and oxygen atoms in total. The van der Waals surface area contributed by atoms with Gasteiger partial charge in [-0.3, -0.25) is 4.79 Å². The largest absolute Gasteiger partial charge is 0.495 e. The molecular formula is C13H19N3O4S. The maximum Gasteiger partial charge on any atom is 0.243 e. The number of piperazine rings is 1. The van der Waals surface area contributed by atoms with Crippen LogP contribution >= 0.6 is 0 Å². The lowest BCUT2D eigenvalue weighted by Crippen LogP contribution is -2.49. The number of ether oxygens (including phenoxy) is 1. The molecule has 0 bridgehead atoms. The van der Waals surface area contributed by atoms with Crippen LogP contribution in [0.3, 0.4) is 0 Å². The quantitative estimate of drug-likeness (QED) is 0.801. The maximum atomic E-state index is 12.6. The molecule has 0 aliphatic carbocycles. The third-order valence-electron chi connectivity index (χ3n) is 3.53. The summed E-state index contributed by atoms with van der Waals surface area (Å²) in [5.74, 6) is 0.291.